The van der Waals surface area contributed by atoms with Crippen molar-refractivity contribution in [3.63, 3.8) is 0 Å². The molecule has 1 aliphatic carbocycles. The number of fused-ring (bicyclic) bond motifs is 7. The Morgan fingerprint density at radius 1 is 0.519 bits per heavy atom. The molecule has 2 heterocycles. The quantitative estimate of drug-likeness (QED) is 0.169. The molecule has 0 N–H and O–H groups in total. The van der Waals surface area contributed by atoms with Gasteiger partial charge in [0.15, 0.2) is 11.5 Å². The van der Waals surface area contributed by atoms with Crippen molar-refractivity contribution in [1.82, 2.24) is 14.5 Å². The van der Waals surface area contributed by atoms with Gasteiger partial charge >= 0.3 is 0 Å². The molecule has 0 atom stereocenters. The van der Waals surface area contributed by atoms with Gasteiger partial charge in [0.25, 0.3) is 0 Å². The van der Waals surface area contributed by atoms with Crippen LogP contribution >= 0.6 is 0 Å². The minimum absolute atomic E-state index is 0.230. The Bertz CT molecular complexity index is 2910. The van der Waals surface area contributed by atoms with Crippen LogP contribution in [-0.2, 0) is 5.41 Å². The molecule has 0 saturated carbocycles. The van der Waals surface area contributed by atoms with Crippen molar-refractivity contribution < 1.29 is 0 Å². The van der Waals surface area contributed by atoms with Crippen molar-refractivity contribution in [2.24, 2.45) is 0 Å². The number of aromatic nitrogens is 3. The Balaban J connectivity index is 1.31. The average Bonchev–Trinajstić information content (AvgIpc) is 3.69. The van der Waals surface area contributed by atoms with E-state index < -0.39 is 0 Å². The van der Waals surface area contributed by atoms with Gasteiger partial charge in [-0.3, -0.25) is 0 Å². The molecule has 0 aliphatic heterocycles. The summed E-state index contributed by atoms with van der Waals surface area (Å²) in [4.78, 5) is 14.5. The van der Waals surface area contributed by atoms with E-state index in [9.17, 15) is 0 Å². The number of nitrogens with zero attached hydrogens (tertiary/aromatic N) is 4. The third-order valence-corrected chi connectivity index (χ3v) is 11.0. The molecule has 0 amide bonds. The van der Waals surface area contributed by atoms with Gasteiger partial charge < -0.3 is 4.57 Å². The monoisotopic (exact) mass is 690 g/mol. The molecule has 0 saturated heterocycles. The number of para-hydroxylation sites is 2. The van der Waals surface area contributed by atoms with Crippen molar-refractivity contribution in [1.29, 1.82) is 0 Å². The Hall–Kier alpha value is -7.09. The molecule has 2 aromatic heterocycles. The van der Waals surface area contributed by atoms with Crippen LogP contribution in [0.5, 0.6) is 0 Å². The third kappa shape index (κ3) is 4.90. The van der Waals surface area contributed by atoms with Crippen LogP contribution in [0.2, 0.25) is 0 Å². The van der Waals surface area contributed by atoms with E-state index in [1.54, 1.807) is 0 Å². The van der Waals surface area contributed by atoms with Crippen LogP contribution in [0.4, 0.5) is 5.69 Å². The van der Waals surface area contributed by atoms with Crippen LogP contribution in [0.1, 0.15) is 25.0 Å². The minimum Gasteiger partial charge on any atom is -0.309 e. The van der Waals surface area contributed by atoms with E-state index in [1.165, 1.54) is 38.5 Å². The molecule has 0 unspecified atom stereocenters. The molecule has 10 rings (SSSR count). The smallest absolute Gasteiger partial charge is 0.194 e. The summed E-state index contributed by atoms with van der Waals surface area (Å²) in [6.45, 7) is 12.8. The highest BCUT2D eigenvalue weighted by Gasteiger charge is 2.38. The van der Waals surface area contributed by atoms with E-state index in [0.717, 1.165) is 50.4 Å². The number of hydrogen-bond donors (Lipinski definition) is 0. The van der Waals surface area contributed by atoms with Crippen LogP contribution < -0.4 is 0 Å². The molecule has 1 aliphatic rings. The summed E-state index contributed by atoms with van der Waals surface area (Å²) in [5, 5.41) is 2.41. The van der Waals surface area contributed by atoms with Gasteiger partial charge in [-0.15, -0.1) is 0 Å². The second-order valence-electron chi connectivity index (χ2n) is 14.5. The molecule has 0 bridgehead atoms. The van der Waals surface area contributed by atoms with Gasteiger partial charge in [0, 0.05) is 38.6 Å². The Labute approximate surface area is 314 Å². The normalized spacial score (nSPS) is 12.8. The fourth-order valence-corrected chi connectivity index (χ4v) is 8.51. The molecule has 0 radical (unpaired) electrons. The van der Waals surface area contributed by atoms with Crippen LogP contribution in [0, 0.1) is 6.57 Å². The van der Waals surface area contributed by atoms with Crippen LogP contribution in [-0.4, -0.2) is 14.5 Å². The van der Waals surface area contributed by atoms with Crippen LogP contribution in [0.15, 0.2) is 170 Å². The Morgan fingerprint density at radius 2 is 1.13 bits per heavy atom. The largest absolute Gasteiger partial charge is 0.309 e. The maximum absolute atomic E-state index is 8.09. The summed E-state index contributed by atoms with van der Waals surface area (Å²) in [5.74, 6) is 0.623. The topological polar surface area (TPSA) is 35.1 Å². The van der Waals surface area contributed by atoms with Crippen LogP contribution in [0.25, 0.3) is 88.5 Å². The summed E-state index contributed by atoms with van der Waals surface area (Å²) in [6.07, 6.45) is 0. The molecular formula is C50H34N4. The maximum Gasteiger partial charge on any atom is 0.194 e. The van der Waals surface area contributed by atoms with Gasteiger partial charge in [-0.2, -0.15) is 0 Å². The zero-order valence-electron chi connectivity index (χ0n) is 30.0. The van der Waals surface area contributed by atoms with E-state index in [2.05, 4.69) is 132 Å². The fourth-order valence-electron chi connectivity index (χ4n) is 8.51. The lowest BCUT2D eigenvalue weighted by Gasteiger charge is -2.24. The Morgan fingerprint density at radius 3 is 1.85 bits per heavy atom. The van der Waals surface area contributed by atoms with E-state index in [0.29, 0.717) is 11.5 Å². The summed E-state index contributed by atoms with van der Waals surface area (Å²) < 4.78 is 2.43. The van der Waals surface area contributed by atoms with Gasteiger partial charge in [0.1, 0.15) is 0 Å². The molecule has 4 nitrogen and oxygen atoms in total. The lowest BCUT2D eigenvalue weighted by atomic mass is 9.81. The molecular weight excluding hydrogens is 657 g/mol. The average molecular weight is 691 g/mol. The third-order valence-electron chi connectivity index (χ3n) is 11.0. The first kappa shape index (κ1) is 31.6. The zero-order valence-corrected chi connectivity index (χ0v) is 30.0. The fraction of sp³-hybridized carbons (Fsp3) is 0.0600. The van der Waals surface area contributed by atoms with Crippen LogP contribution in [0.3, 0.4) is 0 Å². The van der Waals surface area contributed by atoms with Crippen molar-refractivity contribution in [2.75, 3.05) is 0 Å². The van der Waals surface area contributed by atoms with E-state index >= 15 is 0 Å². The Kier molecular flexibility index (Phi) is 7.18. The summed E-state index contributed by atoms with van der Waals surface area (Å²) in [5.41, 5.74) is 15.3. The highest BCUT2D eigenvalue weighted by atomic mass is 15.0. The summed E-state index contributed by atoms with van der Waals surface area (Å²) in [7, 11) is 0. The first-order valence-corrected chi connectivity index (χ1v) is 18.3. The molecule has 9 aromatic rings. The summed E-state index contributed by atoms with van der Waals surface area (Å²) in [6, 6.07) is 59.2. The van der Waals surface area contributed by atoms with Gasteiger partial charge in [0.05, 0.1) is 29.0 Å². The number of rotatable bonds is 5. The first-order valence-electron chi connectivity index (χ1n) is 18.3. The number of benzene rings is 7. The number of hydrogen-bond acceptors (Lipinski definition) is 2. The highest BCUT2D eigenvalue weighted by Crippen LogP contribution is 2.53. The van der Waals surface area contributed by atoms with Gasteiger partial charge in [-0.1, -0.05) is 153 Å². The molecule has 0 fully saturated rings. The van der Waals surface area contributed by atoms with E-state index in [4.69, 9.17) is 16.5 Å². The SMILES string of the molecule is [C-]#[N+]c1ccccc1-c1cc(-c2nc(-c3ccccc3)cc(-c3ccccc3)n2)cc(-n2c3ccccc3c3ccc4c(c32)C(C)(C)c2ccccc2-4)c1. The molecule has 54 heavy (non-hydrogen) atoms. The van der Waals surface area contributed by atoms with E-state index in [-0.39, 0.29) is 5.41 Å². The van der Waals surface area contributed by atoms with Gasteiger partial charge in [-0.05, 0) is 63.7 Å². The van der Waals surface area contributed by atoms with Crippen molar-refractivity contribution in [2.45, 2.75) is 19.3 Å². The second kappa shape index (κ2) is 12.3. The molecule has 4 heteroatoms. The zero-order chi connectivity index (χ0) is 36.4. The lowest BCUT2D eigenvalue weighted by Crippen LogP contribution is -2.16. The first-order chi connectivity index (χ1) is 26.5. The predicted molar refractivity (Wildman–Crippen MR) is 222 cm³/mol. The summed E-state index contributed by atoms with van der Waals surface area (Å²) >= 11 is 0. The maximum atomic E-state index is 8.09. The van der Waals surface area contributed by atoms with Gasteiger partial charge in [-0.25, -0.2) is 14.8 Å². The standard InChI is InChI=1S/C50H34N4/c1-50(2)42-23-13-10-21-38(42)40-26-27-41-39-22-12-15-25-46(39)54(48(41)47(40)50)36-29-34(37-20-11-14-24-43(37)51-3)28-35(30-36)49-52-44(32-16-6-4-7-17-32)31-45(53-49)33-18-8-5-9-19-33/h4-31H,1-2H3. The predicted octanol–water partition coefficient (Wildman–Crippen LogP) is 13.1. The second-order valence-corrected chi connectivity index (χ2v) is 14.5. The molecule has 7 aromatic carbocycles. The lowest BCUT2D eigenvalue weighted by molar-refractivity contribution is 0.664. The molecule has 254 valence electrons. The van der Waals surface area contributed by atoms with Crippen molar-refractivity contribution in [3.8, 4) is 61.8 Å². The van der Waals surface area contributed by atoms with Gasteiger partial charge in [0.2, 0.25) is 0 Å². The van der Waals surface area contributed by atoms with Crippen molar-refractivity contribution >= 4 is 27.5 Å². The minimum atomic E-state index is -0.230. The van der Waals surface area contributed by atoms with Crippen molar-refractivity contribution in [3.05, 3.63) is 192 Å². The van der Waals surface area contributed by atoms with E-state index in [1.807, 2.05) is 60.7 Å². The highest BCUT2D eigenvalue weighted by molar-refractivity contribution is 6.13. The molecule has 0 spiro atoms.